The second kappa shape index (κ2) is 8.05. The number of sulfone groups is 1. The Balaban J connectivity index is 1.53. The molecule has 1 saturated heterocycles. The minimum Gasteiger partial charge on any atom is -0.439 e. The largest absolute Gasteiger partial charge is 0.439 e. The molecule has 1 aliphatic heterocycles. The number of nitrogens with one attached hydrogen (secondary N) is 2. The molecule has 2 heterocycles. The molecule has 0 spiro atoms. The predicted octanol–water partition coefficient (Wildman–Crippen LogP) is 2.30. The van der Waals surface area contributed by atoms with E-state index in [1.54, 1.807) is 36.4 Å². The van der Waals surface area contributed by atoms with Crippen LogP contribution in [0.2, 0.25) is 0 Å². The lowest BCUT2D eigenvalue weighted by Crippen LogP contribution is -2.33. The average molecular weight is 386 g/mol. The highest BCUT2D eigenvalue weighted by Crippen LogP contribution is 2.23. The SMILES string of the molecule is N#Cc1ccc(Oc2cccc(NC(=O)NC[C@H]3CCS(=O)(=O)C3)c2)nc1. The van der Waals surface area contributed by atoms with Crippen LogP contribution in [-0.4, -0.2) is 37.5 Å². The number of hydrogen-bond acceptors (Lipinski definition) is 6. The normalized spacial score (nSPS) is 17.7. The minimum absolute atomic E-state index is 0.0436. The number of anilines is 1. The van der Waals surface area contributed by atoms with Crippen LogP contribution in [0.15, 0.2) is 42.6 Å². The number of carbonyl (C=O) groups is 1. The Hall–Kier alpha value is -3.12. The highest BCUT2D eigenvalue weighted by Gasteiger charge is 2.27. The van der Waals surface area contributed by atoms with Gasteiger partial charge in [-0.05, 0) is 30.5 Å². The zero-order valence-electron chi connectivity index (χ0n) is 14.4. The molecule has 8 nitrogen and oxygen atoms in total. The Labute approximate surface area is 157 Å². The maximum atomic E-state index is 12.0. The van der Waals surface area contributed by atoms with Crippen molar-refractivity contribution >= 4 is 21.6 Å². The molecule has 2 N–H and O–H groups in total. The minimum atomic E-state index is -2.95. The average Bonchev–Trinajstić information content (AvgIpc) is 3.00. The van der Waals surface area contributed by atoms with Crippen molar-refractivity contribution in [2.45, 2.75) is 6.42 Å². The van der Waals surface area contributed by atoms with E-state index in [9.17, 15) is 13.2 Å². The number of nitriles is 1. The molecule has 1 aromatic heterocycles. The molecule has 0 bridgehead atoms. The lowest BCUT2D eigenvalue weighted by Gasteiger charge is -2.12. The summed E-state index contributed by atoms with van der Waals surface area (Å²) in [6.45, 7) is 0.316. The highest BCUT2D eigenvalue weighted by molar-refractivity contribution is 7.91. The maximum Gasteiger partial charge on any atom is 0.319 e. The van der Waals surface area contributed by atoms with Crippen molar-refractivity contribution in [1.29, 1.82) is 5.26 Å². The third-order valence-electron chi connectivity index (χ3n) is 4.06. The summed E-state index contributed by atoms with van der Waals surface area (Å²) >= 11 is 0. The lowest BCUT2D eigenvalue weighted by molar-refractivity contribution is 0.250. The van der Waals surface area contributed by atoms with E-state index in [1.807, 2.05) is 6.07 Å². The molecule has 1 fully saturated rings. The van der Waals surface area contributed by atoms with Crippen LogP contribution in [0, 0.1) is 17.2 Å². The van der Waals surface area contributed by atoms with Crippen molar-refractivity contribution in [2.75, 3.05) is 23.4 Å². The van der Waals surface area contributed by atoms with E-state index in [0.29, 0.717) is 35.8 Å². The second-order valence-electron chi connectivity index (χ2n) is 6.23. The molecule has 0 unspecified atom stereocenters. The number of carbonyl (C=O) groups excluding carboxylic acids is 1. The van der Waals surface area contributed by atoms with E-state index < -0.39 is 15.9 Å². The number of rotatable bonds is 5. The maximum absolute atomic E-state index is 12.0. The van der Waals surface area contributed by atoms with Gasteiger partial charge in [-0.15, -0.1) is 0 Å². The molecular weight excluding hydrogens is 368 g/mol. The van der Waals surface area contributed by atoms with Crippen LogP contribution in [0.1, 0.15) is 12.0 Å². The smallest absolute Gasteiger partial charge is 0.319 e. The van der Waals surface area contributed by atoms with Gasteiger partial charge in [-0.3, -0.25) is 0 Å². The molecule has 1 atom stereocenters. The number of aromatic nitrogens is 1. The van der Waals surface area contributed by atoms with Crippen molar-refractivity contribution in [3.05, 3.63) is 48.2 Å². The van der Waals surface area contributed by atoms with Crippen LogP contribution < -0.4 is 15.4 Å². The van der Waals surface area contributed by atoms with Gasteiger partial charge in [0.15, 0.2) is 9.84 Å². The third kappa shape index (κ3) is 5.43. The van der Waals surface area contributed by atoms with Gasteiger partial charge < -0.3 is 15.4 Å². The molecule has 2 aromatic rings. The Bertz CT molecular complexity index is 968. The van der Waals surface area contributed by atoms with Gasteiger partial charge in [0.2, 0.25) is 5.88 Å². The predicted molar refractivity (Wildman–Crippen MR) is 99.3 cm³/mol. The van der Waals surface area contributed by atoms with E-state index in [-0.39, 0.29) is 17.4 Å². The van der Waals surface area contributed by atoms with Crippen LogP contribution in [-0.2, 0) is 9.84 Å². The van der Waals surface area contributed by atoms with Gasteiger partial charge in [0, 0.05) is 30.6 Å². The van der Waals surface area contributed by atoms with Crippen LogP contribution in [0.3, 0.4) is 0 Å². The molecule has 3 rings (SSSR count). The fraction of sp³-hybridized carbons (Fsp3) is 0.278. The highest BCUT2D eigenvalue weighted by atomic mass is 32.2. The van der Waals surface area contributed by atoms with Gasteiger partial charge >= 0.3 is 6.03 Å². The first-order valence-electron chi connectivity index (χ1n) is 8.33. The van der Waals surface area contributed by atoms with Gasteiger partial charge in [-0.25, -0.2) is 18.2 Å². The van der Waals surface area contributed by atoms with Gasteiger partial charge in [0.1, 0.15) is 11.8 Å². The second-order valence-corrected chi connectivity index (χ2v) is 8.46. The summed E-state index contributed by atoms with van der Waals surface area (Å²) in [6.07, 6.45) is 1.98. The number of amides is 2. The number of nitrogens with zero attached hydrogens (tertiary/aromatic N) is 2. The van der Waals surface area contributed by atoms with Crippen LogP contribution in [0.4, 0.5) is 10.5 Å². The first kappa shape index (κ1) is 18.7. The van der Waals surface area contributed by atoms with Crippen molar-refractivity contribution in [3.8, 4) is 17.7 Å². The fourth-order valence-electron chi connectivity index (χ4n) is 2.71. The van der Waals surface area contributed by atoms with Crippen molar-refractivity contribution in [2.24, 2.45) is 5.92 Å². The summed E-state index contributed by atoms with van der Waals surface area (Å²) in [6, 6.07) is 11.5. The number of pyridine rings is 1. The Morgan fingerprint density at radius 2 is 2.19 bits per heavy atom. The lowest BCUT2D eigenvalue weighted by atomic mass is 10.1. The van der Waals surface area contributed by atoms with E-state index in [0.717, 1.165) is 0 Å². The zero-order valence-corrected chi connectivity index (χ0v) is 15.2. The monoisotopic (exact) mass is 386 g/mol. The van der Waals surface area contributed by atoms with Crippen LogP contribution in [0.25, 0.3) is 0 Å². The Kier molecular flexibility index (Phi) is 5.57. The molecule has 1 aromatic carbocycles. The van der Waals surface area contributed by atoms with Crippen molar-refractivity contribution in [3.63, 3.8) is 0 Å². The first-order chi connectivity index (χ1) is 12.9. The zero-order chi connectivity index (χ0) is 19.3. The quantitative estimate of drug-likeness (QED) is 0.813. The van der Waals surface area contributed by atoms with Gasteiger partial charge in [-0.2, -0.15) is 5.26 Å². The van der Waals surface area contributed by atoms with Crippen molar-refractivity contribution in [1.82, 2.24) is 10.3 Å². The molecule has 9 heteroatoms. The molecule has 1 aliphatic rings. The van der Waals surface area contributed by atoms with Gasteiger partial charge in [-0.1, -0.05) is 6.07 Å². The molecule has 0 saturated carbocycles. The standard InChI is InChI=1S/C18H18N4O4S/c19-9-13-4-5-17(20-10-13)26-16-3-1-2-15(8-16)22-18(23)21-11-14-6-7-27(24,25)12-14/h1-5,8,10,14H,6-7,11-12H2,(H2,21,22,23)/t14-/m1/s1. The molecule has 0 aliphatic carbocycles. The van der Waals surface area contributed by atoms with E-state index in [1.165, 1.54) is 6.20 Å². The summed E-state index contributed by atoms with van der Waals surface area (Å²) in [7, 11) is -2.95. The Morgan fingerprint density at radius 3 is 2.85 bits per heavy atom. The molecule has 0 radical (unpaired) electrons. The van der Waals surface area contributed by atoms with Crippen LogP contribution in [0.5, 0.6) is 11.6 Å². The Morgan fingerprint density at radius 1 is 1.33 bits per heavy atom. The summed E-state index contributed by atoms with van der Waals surface area (Å²) in [5, 5.41) is 14.2. The number of hydrogen-bond donors (Lipinski definition) is 2. The summed E-state index contributed by atoms with van der Waals surface area (Å²) in [5.41, 5.74) is 0.960. The van der Waals surface area contributed by atoms with E-state index in [4.69, 9.17) is 10.00 Å². The number of benzene rings is 1. The number of ether oxygens (including phenoxy) is 1. The van der Waals surface area contributed by atoms with Gasteiger partial charge in [0.25, 0.3) is 0 Å². The molecule has 140 valence electrons. The third-order valence-corrected chi connectivity index (χ3v) is 5.89. The molecule has 27 heavy (non-hydrogen) atoms. The van der Waals surface area contributed by atoms with Crippen molar-refractivity contribution < 1.29 is 17.9 Å². The molecular formula is C18H18N4O4S. The number of urea groups is 1. The molecule has 2 amide bonds. The first-order valence-corrected chi connectivity index (χ1v) is 10.1. The summed E-state index contributed by atoms with van der Waals surface area (Å²) in [4.78, 5) is 16.0. The fourth-order valence-corrected chi connectivity index (χ4v) is 4.57. The topological polar surface area (TPSA) is 121 Å². The van der Waals surface area contributed by atoms with E-state index >= 15 is 0 Å². The summed E-state index contributed by atoms with van der Waals surface area (Å²) < 4.78 is 28.5. The van der Waals surface area contributed by atoms with E-state index in [2.05, 4.69) is 15.6 Å². The summed E-state index contributed by atoms with van der Waals surface area (Å²) in [5.74, 6) is 1.07. The van der Waals surface area contributed by atoms with Gasteiger partial charge in [0.05, 0.1) is 17.1 Å². The van der Waals surface area contributed by atoms with Crippen LogP contribution >= 0.6 is 0 Å².